The van der Waals surface area contributed by atoms with Crippen molar-refractivity contribution < 1.29 is 0 Å². The Balaban J connectivity index is 1.64. The number of hydrogen-bond acceptors (Lipinski definition) is 2. The Morgan fingerprint density at radius 3 is 3.00 bits per heavy atom. The van der Waals surface area contributed by atoms with Gasteiger partial charge in [0.05, 0.1) is 12.0 Å². The van der Waals surface area contributed by atoms with Crippen molar-refractivity contribution in [3.63, 3.8) is 0 Å². The molecule has 2 saturated carbocycles. The average molecular weight is 247 g/mol. The highest BCUT2D eigenvalue weighted by Crippen LogP contribution is 2.34. The van der Waals surface area contributed by atoms with Gasteiger partial charge in [-0.25, -0.2) is 4.98 Å². The highest BCUT2D eigenvalue weighted by atomic mass is 15.1. The van der Waals surface area contributed by atoms with Gasteiger partial charge in [0.2, 0.25) is 0 Å². The predicted molar refractivity (Wildman–Crippen MR) is 73.4 cm³/mol. The molecule has 1 N–H and O–H groups in total. The molecule has 2 unspecified atom stereocenters. The van der Waals surface area contributed by atoms with Crippen LogP contribution < -0.4 is 5.32 Å². The summed E-state index contributed by atoms with van der Waals surface area (Å²) in [6.07, 6.45) is 13.6. The molecule has 0 bridgehead atoms. The van der Waals surface area contributed by atoms with Crippen molar-refractivity contribution in [2.75, 3.05) is 0 Å². The van der Waals surface area contributed by atoms with Crippen LogP contribution in [0.1, 0.15) is 63.6 Å². The van der Waals surface area contributed by atoms with Crippen molar-refractivity contribution in [2.24, 2.45) is 5.92 Å². The monoisotopic (exact) mass is 247 g/mol. The number of rotatable bonds is 5. The molecule has 2 aliphatic carbocycles. The highest BCUT2D eigenvalue weighted by Gasteiger charge is 2.24. The van der Waals surface area contributed by atoms with E-state index >= 15 is 0 Å². The van der Waals surface area contributed by atoms with Gasteiger partial charge in [-0.3, -0.25) is 0 Å². The summed E-state index contributed by atoms with van der Waals surface area (Å²) in [7, 11) is 0. The van der Waals surface area contributed by atoms with Gasteiger partial charge in [0.1, 0.15) is 0 Å². The molecule has 18 heavy (non-hydrogen) atoms. The zero-order valence-electron chi connectivity index (χ0n) is 11.4. The first-order valence-corrected chi connectivity index (χ1v) is 7.61. The van der Waals surface area contributed by atoms with E-state index in [1.807, 2.05) is 12.5 Å². The van der Waals surface area contributed by atoms with Crippen LogP contribution >= 0.6 is 0 Å². The van der Waals surface area contributed by atoms with Crippen LogP contribution in [0.2, 0.25) is 0 Å². The number of hydrogen-bond donors (Lipinski definition) is 1. The second-order valence-corrected chi connectivity index (χ2v) is 6.04. The van der Waals surface area contributed by atoms with E-state index in [1.165, 1.54) is 50.6 Å². The molecule has 0 amide bonds. The third-order valence-corrected chi connectivity index (χ3v) is 4.62. The number of aromatic nitrogens is 2. The summed E-state index contributed by atoms with van der Waals surface area (Å²) >= 11 is 0. The molecule has 1 aromatic heterocycles. The molecule has 2 fully saturated rings. The zero-order valence-corrected chi connectivity index (χ0v) is 11.4. The molecule has 0 aliphatic heterocycles. The molecule has 0 aromatic carbocycles. The summed E-state index contributed by atoms with van der Waals surface area (Å²) in [5, 5.41) is 3.60. The van der Waals surface area contributed by atoms with E-state index in [2.05, 4.69) is 21.8 Å². The van der Waals surface area contributed by atoms with Crippen LogP contribution in [-0.2, 0) is 6.54 Å². The molecule has 0 radical (unpaired) electrons. The van der Waals surface area contributed by atoms with Crippen molar-refractivity contribution in [3.05, 3.63) is 18.2 Å². The lowest BCUT2D eigenvalue weighted by Crippen LogP contribution is -2.23. The summed E-state index contributed by atoms with van der Waals surface area (Å²) in [5.74, 6) is 0.926. The van der Waals surface area contributed by atoms with Crippen LogP contribution in [0.25, 0.3) is 0 Å². The third kappa shape index (κ3) is 2.77. The van der Waals surface area contributed by atoms with Crippen LogP contribution in [0.4, 0.5) is 0 Å². The first-order chi connectivity index (χ1) is 8.86. The van der Waals surface area contributed by atoms with Gasteiger partial charge in [0.15, 0.2) is 0 Å². The maximum atomic E-state index is 4.37. The molecule has 1 heterocycles. The van der Waals surface area contributed by atoms with Crippen LogP contribution in [0, 0.1) is 5.92 Å². The first-order valence-electron chi connectivity index (χ1n) is 7.61. The second kappa shape index (κ2) is 5.43. The van der Waals surface area contributed by atoms with Crippen molar-refractivity contribution >= 4 is 0 Å². The summed E-state index contributed by atoms with van der Waals surface area (Å²) in [5.41, 5.74) is 1.38. The van der Waals surface area contributed by atoms with Crippen molar-refractivity contribution in [2.45, 2.75) is 70.5 Å². The van der Waals surface area contributed by atoms with Crippen molar-refractivity contribution in [1.82, 2.24) is 14.9 Å². The van der Waals surface area contributed by atoms with Gasteiger partial charge in [-0.1, -0.05) is 26.2 Å². The van der Waals surface area contributed by atoms with Crippen LogP contribution in [0.15, 0.2) is 12.5 Å². The van der Waals surface area contributed by atoms with Gasteiger partial charge >= 0.3 is 0 Å². The maximum Gasteiger partial charge on any atom is 0.0951 e. The Labute approximate surface area is 110 Å². The fraction of sp³-hybridized carbons (Fsp3) is 0.800. The quantitative estimate of drug-likeness (QED) is 0.865. The molecule has 3 nitrogen and oxygen atoms in total. The molecule has 0 saturated heterocycles. The van der Waals surface area contributed by atoms with E-state index in [4.69, 9.17) is 0 Å². The molecule has 1 aromatic rings. The normalized spacial score (nSPS) is 28.5. The Kier molecular flexibility index (Phi) is 3.69. The van der Waals surface area contributed by atoms with Gasteiger partial charge in [-0.05, 0) is 31.6 Å². The minimum absolute atomic E-state index is 0.696. The van der Waals surface area contributed by atoms with Gasteiger partial charge in [0, 0.05) is 24.8 Å². The molecule has 2 atom stereocenters. The fourth-order valence-electron chi connectivity index (χ4n) is 3.22. The summed E-state index contributed by atoms with van der Waals surface area (Å²) in [4.78, 5) is 4.37. The predicted octanol–water partition coefficient (Wildman–Crippen LogP) is 3.28. The second-order valence-electron chi connectivity index (χ2n) is 6.04. The number of nitrogens with one attached hydrogen (secondary N) is 1. The Bertz CT molecular complexity index is 381. The van der Waals surface area contributed by atoms with E-state index in [-0.39, 0.29) is 0 Å². The zero-order chi connectivity index (χ0) is 12.4. The molecule has 3 heteroatoms. The highest BCUT2D eigenvalue weighted by molar-refractivity contribution is 5.02. The lowest BCUT2D eigenvalue weighted by Gasteiger charge is -2.30. The Morgan fingerprint density at radius 1 is 1.33 bits per heavy atom. The van der Waals surface area contributed by atoms with Gasteiger partial charge in [0.25, 0.3) is 0 Å². The minimum Gasteiger partial charge on any atom is -0.330 e. The molecular formula is C15H25N3. The average Bonchev–Trinajstić information content (AvgIpc) is 3.13. The topological polar surface area (TPSA) is 29.9 Å². The molecule has 3 rings (SSSR count). The number of imidazole rings is 1. The van der Waals surface area contributed by atoms with E-state index in [0.717, 1.165) is 18.5 Å². The van der Waals surface area contributed by atoms with E-state index in [1.54, 1.807) is 0 Å². The fourth-order valence-corrected chi connectivity index (χ4v) is 3.22. The molecule has 100 valence electrons. The summed E-state index contributed by atoms with van der Waals surface area (Å²) in [6.45, 7) is 3.33. The minimum atomic E-state index is 0.696. The van der Waals surface area contributed by atoms with Crippen LogP contribution in [-0.4, -0.2) is 15.6 Å². The SMILES string of the molecule is CCC1CCCC(n2cncc2CNC2CC2)C1. The van der Waals surface area contributed by atoms with Gasteiger partial charge in [-0.2, -0.15) is 0 Å². The lowest BCUT2D eigenvalue weighted by molar-refractivity contribution is 0.257. The largest absolute Gasteiger partial charge is 0.330 e. The molecular weight excluding hydrogens is 222 g/mol. The summed E-state index contributed by atoms with van der Waals surface area (Å²) < 4.78 is 2.44. The van der Waals surface area contributed by atoms with Gasteiger partial charge < -0.3 is 9.88 Å². The maximum absolute atomic E-state index is 4.37. The molecule has 2 aliphatic rings. The van der Waals surface area contributed by atoms with E-state index in [0.29, 0.717) is 6.04 Å². The van der Waals surface area contributed by atoms with Gasteiger partial charge in [-0.15, -0.1) is 0 Å². The summed E-state index contributed by atoms with van der Waals surface area (Å²) in [6, 6.07) is 1.48. The van der Waals surface area contributed by atoms with E-state index < -0.39 is 0 Å². The van der Waals surface area contributed by atoms with E-state index in [9.17, 15) is 0 Å². The van der Waals surface area contributed by atoms with Crippen LogP contribution in [0.3, 0.4) is 0 Å². The van der Waals surface area contributed by atoms with Crippen molar-refractivity contribution in [3.8, 4) is 0 Å². The Morgan fingerprint density at radius 2 is 2.22 bits per heavy atom. The van der Waals surface area contributed by atoms with Crippen LogP contribution in [0.5, 0.6) is 0 Å². The first kappa shape index (κ1) is 12.2. The number of nitrogens with zero attached hydrogens (tertiary/aromatic N) is 2. The smallest absolute Gasteiger partial charge is 0.0951 e. The Hall–Kier alpha value is -0.830. The standard InChI is InChI=1S/C15H25N3/c1-2-12-4-3-5-14(8-12)18-11-16-9-15(18)10-17-13-6-7-13/h9,11-14,17H,2-8,10H2,1H3. The van der Waals surface area contributed by atoms with Crippen molar-refractivity contribution in [1.29, 1.82) is 0 Å². The lowest BCUT2D eigenvalue weighted by atomic mass is 9.84. The third-order valence-electron chi connectivity index (χ3n) is 4.62. The molecule has 0 spiro atoms.